The second-order valence-electron chi connectivity index (χ2n) is 6.03. The van der Waals surface area contributed by atoms with Crippen LogP contribution in [0.2, 0.25) is 0 Å². The number of aliphatic hydroxyl groups is 1. The van der Waals surface area contributed by atoms with Crippen LogP contribution in [-0.4, -0.2) is 46.6 Å². The van der Waals surface area contributed by atoms with Gasteiger partial charge in [0.25, 0.3) is 0 Å². The van der Waals surface area contributed by atoms with E-state index < -0.39 is 6.10 Å². The first-order valence-electron chi connectivity index (χ1n) is 7.70. The zero-order chi connectivity index (χ0) is 16.4. The fraction of sp³-hybridized carbons (Fsp3) is 0.412. The van der Waals surface area contributed by atoms with E-state index in [1.165, 1.54) is 4.88 Å². The fourth-order valence-electron chi connectivity index (χ4n) is 2.94. The van der Waals surface area contributed by atoms with E-state index in [1.807, 2.05) is 36.5 Å². The van der Waals surface area contributed by atoms with E-state index in [1.54, 1.807) is 11.3 Å². The molecular formula is C17H21N3O2S. The van der Waals surface area contributed by atoms with Crippen LogP contribution in [0.5, 0.6) is 0 Å². The van der Waals surface area contributed by atoms with Gasteiger partial charge in [0.2, 0.25) is 5.91 Å². The van der Waals surface area contributed by atoms with E-state index in [2.05, 4.69) is 22.4 Å². The summed E-state index contributed by atoms with van der Waals surface area (Å²) in [7, 11) is 1.87. The molecule has 1 aliphatic heterocycles. The Bertz CT molecular complexity index is 683. The molecule has 0 saturated carbocycles. The molecule has 122 valence electrons. The van der Waals surface area contributed by atoms with E-state index in [0.717, 1.165) is 16.8 Å². The normalized spacial score (nSPS) is 21.5. The Morgan fingerprint density at radius 3 is 2.74 bits per heavy atom. The number of likely N-dealkylation sites (N-methyl/N-ethyl adjacent to an activating group) is 1. The van der Waals surface area contributed by atoms with Crippen LogP contribution >= 0.6 is 11.3 Å². The van der Waals surface area contributed by atoms with Crippen LogP contribution in [0.3, 0.4) is 0 Å². The molecule has 1 aliphatic rings. The van der Waals surface area contributed by atoms with Gasteiger partial charge in [0.1, 0.15) is 0 Å². The number of carbonyl (C=O) groups is 1. The van der Waals surface area contributed by atoms with Crippen LogP contribution in [0.15, 0.2) is 29.8 Å². The fourth-order valence-corrected chi connectivity index (χ4v) is 3.75. The molecule has 6 heteroatoms. The summed E-state index contributed by atoms with van der Waals surface area (Å²) < 4.78 is 0. The second-order valence-corrected chi connectivity index (χ2v) is 6.88. The number of hydrogen-bond acceptors (Lipinski definition) is 5. The molecule has 0 aliphatic carbocycles. The summed E-state index contributed by atoms with van der Waals surface area (Å²) >= 11 is 1.63. The number of aromatic nitrogens is 1. The molecule has 2 atom stereocenters. The van der Waals surface area contributed by atoms with Gasteiger partial charge in [-0.2, -0.15) is 0 Å². The SMILES string of the molecule is Cc1ncsc1-c1ccc(CNC(=O)[C@@H]2C[C@@H](O)CN2C)cc1. The molecule has 2 heterocycles. The van der Waals surface area contributed by atoms with Gasteiger partial charge in [0, 0.05) is 13.1 Å². The molecule has 2 N–H and O–H groups in total. The molecule has 1 fully saturated rings. The first-order valence-corrected chi connectivity index (χ1v) is 8.58. The number of carbonyl (C=O) groups excluding carboxylic acids is 1. The lowest BCUT2D eigenvalue weighted by Crippen LogP contribution is -2.41. The quantitative estimate of drug-likeness (QED) is 0.897. The number of amides is 1. The molecule has 0 unspecified atom stereocenters. The van der Waals surface area contributed by atoms with Gasteiger partial charge in [-0.3, -0.25) is 9.69 Å². The number of β-amino-alcohol motifs (C(OH)–C–C–N with tert-alkyl or cyclic N) is 1. The van der Waals surface area contributed by atoms with E-state index in [0.29, 0.717) is 19.5 Å². The lowest BCUT2D eigenvalue weighted by atomic mass is 10.1. The van der Waals surface area contributed by atoms with Gasteiger partial charge in [0.05, 0.1) is 28.2 Å². The standard InChI is InChI=1S/C17H21N3O2S/c1-11-16(23-10-19-11)13-5-3-12(4-6-13)8-18-17(22)15-7-14(21)9-20(15)2/h3-6,10,14-15,21H,7-9H2,1-2H3,(H,18,22)/t14-,15+/m1/s1. The minimum absolute atomic E-state index is 0.0218. The number of aliphatic hydroxyl groups excluding tert-OH is 1. The van der Waals surface area contributed by atoms with Gasteiger partial charge in [-0.1, -0.05) is 24.3 Å². The summed E-state index contributed by atoms with van der Waals surface area (Å²) in [4.78, 5) is 19.6. The van der Waals surface area contributed by atoms with Crippen molar-refractivity contribution < 1.29 is 9.90 Å². The van der Waals surface area contributed by atoms with Gasteiger partial charge >= 0.3 is 0 Å². The van der Waals surface area contributed by atoms with Crippen LogP contribution in [0.25, 0.3) is 10.4 Å². The summed E-state index contributed by atoms with van der Waals surface area (Å²) in [5.41, 5.74) is 5.11. The lowest BCUT2D eigenvalue weighted by molar-refractivity contribution is -0.125. The Labute approximate surface area is 140 Å². The largest absolute Gasteiger partial charge is 0.392 e. The number of hydrogen-bond donors (Lipinski definition) is 2. The minimum atomic E-state index is -0.405. The number of nitrogens with one attached hydrogen (secondary N) is 1. The monoisotopic (exact) mass is 331 g/mol. The van der Waals surface area contributed by atoms with Gasteiger partial charge in [0.15, 0.2) is 0 Å². The zero-order valence-electron chi connectivity index (χ0n) is 13.3. The van der Waals surface area contributed by atoms with Gasteiger partial charge in [-0.15, -0.1) is 11.3 Å². The average molecular weight is 331 g/mol. The number of rotatable bonds is 4. The zero-order valence-corrected chi connectivity index (χ0v) is 14.1. The molecule has 5 nitrogen and oxygen atoms in total. The van der Waals surface area contributed by atoms with Gasteiger partial charge in [-0.05, 0) is 31.5 Å². The Morgan fingerprint density at radius 1 is 1.43 bits per heavy atom. The summed E-state index contributed by atoms with van der Waals surface area (Å²) in [6, 6.07) is 7.95. The molecular weight excluding hydrogens is 310 g/mol. The van der Waals surface area contributed by atoms with Crippen molar-refractivity contribution >= 4 is 17.2 Å². The molecule has 1 amide bonds. The van der Waals surface area contributed by atoms with Crippen molar-refractivity contribution in [2.24, 2.45) is 0 Å². The van der Waals surface area contributed by atoms with Crippen molar-refractivity contribution in [3.63, 3.8) is 0 Å². The van der Waals surface area contributed by atoms with Crippen LogP contribution in [0.1, 0.15) is 17.7 Å². The smallest absolute Gasteiger partial charge is 0.237 e. The Balaban J connectivity index is 1.59. The van der Waals surface area contributed by atoms with Crippen molar-refractivity contribution in [2.75, 3.05) is 13.6 Å². The third kappa shape index (κ3) is 3.60. The third-order valence-corrected chi connectivity index (χ3v) is 5.23. The number of aryl methyl sites for hydroxylation is 1. The highest BCUT2D eigenvalue weighted by Crippen LogP contribution is 2.27. The Morgan fingerprint density at radius 2 is 2.17 bits per heavy atom. The third-order valence-electron chi connectivity index (χ3n) is 4.26. The van der Waals surface area contributed by atoms with Crippen molar-refractivity contribution in [1.82, 2.24) is 15.2 Å². The van der Waals surface area contributed by atoms with Crippen LogP contribution in [-0.2, 0) is 11.3 Å². The van der Waals surface area contributed by atoms with Crippen LogP contribution in [0.4, 0.5) is 0 Å². The molecule has 3 rings (SSSR count). The molecule has 1 aromatic heterocycles. The maximum absolute atomic E-state index is 12.2. The van der Waals surface area contributed by atoms with Crippen molar-refractivity contribution in [3.8, 4) is 10.4 Å². The van der Waals surface area contributed by atoms with E-state index in [9.17, 15) is 9.90 Å². The molecule has 0 bridgehead atoms. The van der Waals surface area contributed by atoms with Crippen molar-refractivity contribution in [1.29, 1.82) is 0 Å². The highest BCUT2D eigenvalue weighted by atomic mass is 32.1. The maximum Gasteiger partial charge on any atom is 0.237 e. The van der Waals surface area contributed by atoms with Crippen LogP contribution < -0.4 is 5.32 Å². The summed E-state index contributed by atoms with van der Waals surface area (Å²) in [5.74, 6) is -0.0218. The van der Waals surface area contributed by atoms with Gasteiger partial charge < -0.3 is 10.4 Å². The molecule has 1 aromatic carbocycles. The maximum atomic E-state index is 12.2. The summed E-state index contributed by atoms with van der Waals surface area (Å²) in [6.07, 6.45) is 0.101. The van der Waals surface area contributed by atoms with Gasteiger partial charge in [-0.25, -0.2) is 4.98 Å². The van der Waals surface area contributed by atoms with Crippen LogP contribution in [0, 0.1) is 6.92 Å². The molecule has 1 saturated heterocycles. The van der Waals surface area contributed by atoms with Crippen molar-refractivity contribution in [3.05, 3.63) is 41.0 Å². The highest BCUT2D eigenvalue weighted by Gasteiger charge is 2.33. The number of likely N-dealkylation sites (tertiary alicyclic amines) is 1. The lowest BCUT2D eigenvalue weighted by Gasteiger charge is -2.18. The predicted molar refractivity (Wildman–Crippen MR) is 91.2 cm³/mol. The van der Waals surface area contributed by atoms with E-state index in [-0.39, 0.29) is 11.9 Å². The summed E-state index contributed by atoms with van der Waals surface area (Å²) in [5, 5.41) is 12.6. The first kappa shape index (κ1) is 16.1. The predicted octanol–water partition coefficient (Wildman–Crippen LogP) is 1.80. The number of thiazole rings is 1. The highest BCUT2D eigenvalue weighted by molar-refractivity contribution is 7.13. The van der Waals surface area contributed by atoms with E-state index in [4.69, 9.17) is 0 Å². The minimum Gasteiger partial charge on any atom is -0.392 e. The average Bonchev–Trinajstić information content (AvgIpc) is 3.10. The van der Waals surface area contributed by atoms with E-state index >= 15 is 0 Å². The Kier molecular flexibility index (Phi) is 4.75. The molecule has 0 spiro atoms. The molecule has 0 radical (unpaired) electrons. The first-order chi connectivity index (χ1) is 11.0. The summed E-state index contributed by atoms with van der Waals surface area (Å²) in [6.45, 7) is 3.06. The molecule has 2 aromatic rings. The number of nitrogens with zero attached hydrogens (tertiary/aromatic N) is 2. The second kappa shape index (κ2) is 6.78. The number of benzene rings is 1. The Hall–Kier alpha value is -1.76. The molecule has 23 heavy (non-hydrogen) atoms. The van der Waals surface area contributed by atoms with Crippen molar-refractivity contribution in [2.45, 2.75) is 32.0 Å². The topological polar surface area (TPSA) is 65.5 Å².